The molecule has 0 heterocycles. The molecule has 82 valence electrons. The molecular weight excluding hydrogens is 194 g/mol. The van der Waals surface area contributed by atoms with Crippen molar-refractivity contribution >= 4 is 6.21 Å². The second kappa shape index (κ2) is 6.03. The number of phenols is 1. The number of aromatic hydroxyl groups is 1. The lowest BCUT2D eigenvalue weighted by molar-refractivity contribution is 0.307. The Balaban J connectivity index is 2.74. The van der Waals surface area contributed by atoms with Crippen molar-refractivity contribution in [3.05, 3.63) is 23.8 Å². The van der Waals surface area contributed by atoms with Crippen molar-refractivity contribution in [2.75, 3.05) is 19.8 Å². The summed E-state index contributed by atoms with van der Waals surface area (Å²) in [4.78, 5) is 3.92. The number of aliphatic hydroxyl groups is 1. The van der Waals surface area contributed by atoms with Crippen molar-refractivity contribution in [3.8, 4) is 11.5 Å². The molecule has 0 amide bonds. The monoisotopic (exact) mass is 209 g/mol. The summed E-state index contributed by atoms with van der Waals surface area (Å²) in [5.41, 5.74) is 0.618. The minimum Gasteiger partial charge on any atom is -0.507 e. The minimum absolute atomic E-state index is 0.00823. The lowest BCUT2D eigenvalue weighted by Crippen LogP contribution is -1.93. The van der Waals surface area contributed by atoms with Gasteiger partial charge in [0.2, 0.25) is 0 Å². The summed E-state index contributed by atoms with van der Waals surface area (Å²) >= 11 is 0. The number of ether oxygens (including phenoxy) is 1. The maximum Gasteiger partial charge on any atom is 0.128 e. The van der Waals surface area contributed by atoms with Gasteiger partial charge in [-0.1, -0.05) is 0 Å². The first-order valence-electron chi connectivity index (χ1n) is 4.84. The molecule has 0 aliphatic heterocycles. The summed E-state index contributed by atoms with van der Waals surface area (Å²) < 4.78 is 5.22. The molecule has 0 saturated heterocycles. The molecule has 0 spiro atoms. The van der Waals surface area contributed by atoms with E-state index in [2.05, 4.69) is 4.99 Å². The van der Waals surface area contributed by atoms with Gasteiger partial charge in [0.15, 0.2) is 0 Å². The van der Waals surface area contributed by atoms with Gasteiger partial charge in [-0.15, -0.1) is 0 Å². The number of nitrogens with zero attached hydrogens (tertiary/aromatic N) is 1. The maximum atomic E-state index is 9.58. The standard InChI is InChI=1S/C11H15NO3/c1-2-15-10-4-3-9(11(14)7-10)8-12-5-6-13/h3-4,7-8,13-14H,2,5-6H2,1H3. The van der Waals surface area contributed by atoms with Crippen LogP contribution in [-0.2, 0) is 0 Å². The van der Waals surface area contributed by atoms with E-state index < -0.39 is 0 Å². The second-order valence-corrected chi connectivity index (χ2v) is 2.91. The Morgan fingerprint density at radius 2 is 2.27 bits per heavy atom. The first kappa shape index (κ1) is 11.5. The van der Waals surface area contributed by atoms with Crippen LogP contribution in [0.3, 0.4) is 0 Å². The highest BCUT2D eigenvalue weighted by molar-refractivity contribution is 5.83. The van der Waals surface area contributed by atoms with Crippen LogP contribution < -0.4 is 4.74 Å². The molecule has 1 aromatic carbocycles. The highest BCUT2D eigenvalue weighted by Gasteiger charge is 2.00. The van der Waals surface area contributed by atoms with E-state index in [1.54, 1.807) is 18.2 Å². The van der Waals surface area contributed by atoms with Gasteiger partial charge in [0.1, 0.15) is 11.5 Å². The molecule has 0 unspecified atom stereocenters. The van der Waals surface area contributed by atoms with Gasteiger partial charge in [0, 0.05) is 17.8 Å². The van der Waals surface area contributed by atoms with Gasteiger partial charge < -0.3 is 14.9 Å². The Labute approximate surface area is 88.9 Å². The lowest BCUT2D eigenvalue weighted by atomic mass is 10.2. The number of benzene rings is 1. The van der Waals surface area contributed by atoms with E-state index in [1.165, 1.54) is 6.21 Å². The van der Waals surface area contributed by atoms with Crippen LogP contribution in [0.15, 0.2) is 23.2 Å². The molecular formula is C11H15NO3. The lowest BCUT2D eigenvalue weighted by Gasteiger charge is -2.04. The van der Waals surface area contributed by atoms with Crippen molar-refractivity contribution < 1.29 is 14.9 Å². The predicted molar refractivity (Wildman–Crippen MR) is 58.8 cm³/mol. The molecule has 0 atom stereocenters. The Hall–Kier alpha value is -1.55. The third-order valence-corrected chi connectivity index (χ3v) is 1.77. The molecule has 0 aromatic heterocycles. The Morgan fingerprint density at radius 1 is 1.47 bits per heavy atom. The van der Waals surface area contributed by atoms with E-state index >= 15 is 0 Å². The van der Waals surface area contributed by atoms with Crippen molar-refractivity contribution in [1.82, 2.24) is 0 Å². The molecule has 0 aliphatic rings. The van der Waals surface area contributed by atoms with E-state index in [0.717, 1.165) is 0 Å². The van der Waals surface area contributed by atoms with Gasteiger partial charge in [-0.05, 0) is 19.1 Å². The molecule has 0 bridgehead atoms. The van der Waals surface area contributed by atoms with Crippen molar-refractivity contribution in [2.24, 2.45) is 4.99 Å². The van der Waals surface area contributed by atoms with Gasteiger partial charge in [0.25, 0.3) is 0 Å². The van der Waals surface area contributed by atoms with Crippen LogP contribution in [-0.4, -0.2) is 36.2 Å². The Kier molecular flexibility index (Phi) is 4.63. The molecule has 0 fully saturated rings. The van der Waals surface area contributed by atoms with E-state index in [9.17, 15) is 5.11 Å². The van der Waals surface area contributed by atoms with Crippen LogP contribution in [0, 0.1) is 0 Å². The SMILES string of the molecule is CCOc1ccc(C=NCCO)c(O)c1. The highest BCUT2D eigenvalue weighted by Crippen LogP contribution is 2.22. The van der Waals surface area contributed by atoms with Crippen molar-refractivity contribution in [3.63, 3.8) is 0 Å². The Bertz CT molecular complexity index is 337. The van der Waals surface area contributed by atoms with Crippen LogP contribution in [0.4, 0.5) is 0 Å². The summed E-state index contributed by atoms with van der Waals surface area (Å²) in [5, 5.41) is 18.1. The van der Waals surface area contributed by atoms with Gasteiger partial charge in [0.05, 0.1) is 19.8 Å². The molecule has 0 radical (unpaired) electrons. The van der Waals surface area contributed by atoms with Crippen LogP contribution >= 0.6 is 0 Å². The first-order valence-corrected chi connectivity index (χ1v) is 4.84. The fraction of sp³-hybridized carbons (Fsp3) is 0.364. The van der Waals surface area contributed by atoms with Gasteiger partial charge >= 0.3 is 0 Å². The van der Waals surface area contributed by atoms with E-state index in [-0.39, 0.29) is 12.4 Å². The molecule has 4 nitrogen and oxygen atoms in total. The largest absolute Gasteiger partial charge is 0.507 e. The first-order chi connectivity index (χ1) is 7.27. The fourth-order valence-electron chi connectivity index (χ4n) is 1.11. The fourth-order valence-corrected chi connectivity index (χ4v) is 1.11. The molecule has 15 heavy (non-hydrogen) atoms. The van der Waals surface area contributed by atoms with Gasteiger partial charge in [-0.3, -0.25) is 4.99 Å². The summed E-state index contributed by atoms with van der Waals surface area (Å²) in [7, 11) is 0. The minimum atomic E-state index is 0.00823. The topological polar surface area (TPSA) is 62.0 Å². The molecule has 0 saturated carbocycles. The normalized spacial score (nSPS) is 10.8. The third-order valence-electron chi connectivity index (χ3n) is 1.77. The van der Waals surface area contributed by atoms with Crippen LogP contribution in [0.1, 0.15) is 12.5 Å². The second-order valence-electron chi connectivity index (χ2n) is 2.91. The number of phenolic OH excluding ortho intramolecular Hbond substituents is 1. The van der Waals surface area contributed by atoms with Crippen molar-refractivity contribution in [2.45, 2.75) is 6.92 Å². The van der Waals surface area contributed by atoms with Gasteiger partial charge in [-0.25, -0.2) is 0 Å². The molecule has 1 rings (SSSR count). The zero-order chi connectivity index (χ0) is 11.1. The number of hydrogen-bond acceptors (Lipinski definition) is 4. The average molecular weight is 209 g/mol. The molecule has 0 aliphatic carbocycles. The van der Waals surface area contributed by atoms with E-state index in [0.29, 0.717) is 24.5 Å². The van der Waals surface area contributed by atoms with Crippen LogP contribution in [0.2, 0.25) is 0 Å². The summed E-state index contributed by atoms with van der Waals surface area (Å²) in [6.07, 6.45) is 1.53. The number of aliphatic imine (C=N–C) groups is 1. The number of aliphatic hydroxyl groups excluding tert-OH is 1. The van der Waals surface area contributed by atoms with Crippen molar-refractivity contribution in [1.29, 1.82) is 0 Å². The quantitative estimate of drug-likeness (QED) is 0.716. The zero-order valence-electron chi connectivity index (χ0n) is 8.68. The summed E-state index contributed by atoms with van der Waals surface area (Å²) in [6.45, 7) is 2.80. The molecule has 4 heteroatoms. The summed E-state index contributed by atoms with van der Waals surface area (Å²) in [6, 6.07) is 5.04. The van der Waals surface area contributed by atoms with Crippen LogP contribution in [0.25, 0.3) is 0 Å². The number of rotatable bonds is 5. The number of hydrogen-bond donors (Lipinski definition) is 2. The molecule has 2 N–H and O–H groups in total. The average Bonchev–Trinajstić information content (AvgIpc) is 2.22. The third kappa shape index (κ3) is 3.59. The van der Waals surface area contributed by atoms with Gasteiger partial charge in [-0.2, -0.15) is 0 Å². The van der Waals surface area contributed by atoms with E-state index in [4.69, 9.17) is 9.84 Å². The summed E-state index contributed by atoms with van der Waals surface area (Å²) in [5.74, 6) is 0.761. The predicted octanol–water partition coefficient (Wildman–Crippen LogP) is 1.20. The highest BCUT2D eigenvalue weighted by atomic mass is 16.5. The Morgan fingerprint density at radius 3 is 2.87 bits per heavy atom. The molecule has 1 aromatic rings. The van der Waals surface area contributed by atoms with Crippen LogP contribution in [0.5, 0.6) is 11.5 Å². The maximum absolute atomic E-state index is 9.58. The zero-order valence-corrected chi connectivity index (χ0v) is 8.68. The van der Waals surface area contributed by atoms with E-state index in [1.807, 2.05) is 6.92 Å². The smallest absolute Gasteiger partial charge is 0.128 e.